The number of aromatic amines is 1. The lowest BCUT2D eigenvalue weighted by Gasteiger charge is -2.58. The first-order chi connectivity index (χ1) is 15.9. The molecule has 0 aromatic carbocycles. The van der Waals surface area contributed by atoms with Crippen LogP contribution in [0.4, 0.5) is 5.69 Å². The first kappa shape index (κ1) is 20.6. The molecule has 0 saturated heterocycles. The Balaban J connectivity index is 1.33. The van der Waals surface area contributed by atoms with Crippen molar-refractivity contribution in [3.8, 4) is 11.5 Å². The maximum Gasteiger partial charge on any atom is 0.292 e. The normalized spacial score (nSPS) is 31.1. The zero-order valence-electron chi connectivity index (χ0n) is 18.4. The molecule has 3 aromatic heterocycles. The number of carbonyl (C=O) groups is 1. The minimum Gasteiger partial charge on any atom is -0.392 e. The average molecular weight is 453 g/mol. The molecular formula is C23H28N6O4. The second-order valence-electron chi connectivity index (χ2n) is 10.1. The lowest BCUT2D eigenvalue weighted by Crippen LogP contribution is -2.59. The maximum atomic E-state index is 12.3. The number of hydrogen-bond donors (Lipinski definition) is 5. The molecule has 5 N–H and O–H groups in total. The van der Waals surface area contributed by atoms with Crippen LogP contribution in [0, 0.1) is 17.8 Å². The molecule has 33 heavy (non-hydrogen) atoms. The Morgan fingerprint density at radius 2 is 2.12 bits per heavy atom. The Kier molecular flexibility index (Phi) is 4.70. The van der Waals surface area contributed by atoms with Gasteiger partial charge in [-0.15, -0.1) is 0 Å². The highest BCUT2D eigenvalue weighted by Crippen LogP contribution is 2.56. The predicted molar refractivity (Wildman–Crippen MR) is 119 cm³/mol. The number of anilines is 1. The summed E-state index contributed by atoms with van der Waals surface area (Å²) < 4.78 is 5.45. The van der Waals surface area contributed by atoms with Crippen LogP contribution in [0.1, 0.15) is 49.6 Å². The monoisotopic (exact) mass is 452 g/mol. The van der Waals surface area contributed by atoms with Crippen LogP contribution in [0.2, 0.25) is 0 Å². The van der Waals surface area contributed by atoms with Gasteiger partial charge in [-0.3, -0.25) is 4.79 Å². The quantitative estimate of drug-likeness (QED) is 0.382. The molecule has 0 radical (unpaired) electrons. The lowest BCUT2D eigenvalue weighted by atomic mass is 9.52. The highest BCUT2D eigenvalue weighted by Gasteiger charge is 2.54. The second-order valence-corrected chi connectivity index (χ2v) is 10.1. The van der Waals surface area contributed by atoms with Crippen molar-refractivity contribution in [2.24, 2.45) is 17.8 Å². The largest absolute Gasteiger partial charge is 0.392 e. The number of hydrogen-bond acceptors (Lipinski definition) is 8. The summed E-state index contributed by atoms with van der Waals surface area (Å²) in [5.74, 6) is 1.06. The smallest absolute Gasteiger partial charge is 0.292 e. The summed E-state index contributed by atoms with van der Waals surface area (Å²) in [7, 11) is 0. The fourth-order valence-corrected chi connectivity index (χ4v) is 6.45. The summed E-state index contributed by atoms with van der Waals surface area (Å²) in [6.45, 7) is 1.69. The number of nitrogens with zero attached hydrogens (tertiary/aromatic N) is 3. The number of pyridine rings is 1. The number of nitrogens with one attached hydrogen (secondary N) is 3. The molecular weight excluding hydrogens is 424 g/mol. The van der Waals surface area contributed by atoms with Crippen LogP contribution in [0.15, 0.2) is 23.0 Å². The molecule has 4 bridgehead atoms. The number of H-pyrrole nitrogens is 1. The summed E-state index contributed by atoms with van der Waals surface area (Å²) in [5.41, 5.74) is 1.74. The summed E-state index contributed by atoms with van der Waals surface area (Å²) in [6.07, 6.45) is 7.74. The topological polar surface area (TPSA) is 149 Å². The van der Waals surface area contributed by atoms with Crippen LogP contribution in [0.3, 0.4) is 0 Å². The fraction of sp³-hybridized carbons (Fsp3) is 0.565. The zero-order chi connectivity index (χ0) is 22.7. The van der Waals surface area contributed by atoms with E-state index in [1.165, 1.54) is 0 Å². The van der Waals surface area contributed by atoms with Crippen molar-refractivity contribution in [1.82, 2.24) is 25.4 Å². The molecule has 3 atom stereocenters. The highest BCUT2D eigenvalue weighted by atomic mass is 16.5. The molecule has 0 spiro atoms. The van der Waals surface area contributed by atoms with Gasteiger partial charge in [-0.1, -0.05) is 5.16 Å². The van der Waals surface area contributed by atoms with Gasteiger partial charge in [0.25, 0.3) is 17.6 Å². The molecule has 10 heteroatoms. The van der Waals surface area contributed by atoms with Crippen LogP contribution in [-0.2, 0) is 0 Å². The number of aromatic nitrogens is 4. The second kappa shape index (κ2) is 7.53. The minimum atomic E-state index is -0.671. The van der Waals surface area contributed by atoms with E-state index in [9.17, 15) is 15.0 Å². The Morgan fingerprint density at radius 3 is 2.85 bits per heavy atom. The van der Waals surface area contributed by atoms with Crippen molar-refractivity contribution in [3.63, 3.8) is 0 Å². The van der Waals surface area contributed by atoms with Crippen molar-refractivity contribution >= 4 is 22.6 Å². The molecule has 3 unspecified atom stereocenters. The van der Waals surface area contributed by atoms with E-state index in [0.717, 1.165) is 48.8 Å². The highest BCUT2D eigenvalue weighted by molar-refractivity contribution is 5.97. The van der Waals surface area contributed by atoms with Crippen LogP contribution in [0.5, 0.6) is 0 Å². The van der Waals surface area contributed by atoms with Gasteiger partial charge in [0, 0.05) is 30.4 Å². The van der Waals surface area contributed by atoms with E-state index in [0.29, 0.717) is 23.3 Å². The summed E-state index contributed by atoms with van der Waals surface area (Å²) in [4.78, 5) is 24.2. The molecule has 4 saturated carbocycles. The van der Waals surface area contributed by atoms with Gasteiger partial charge in [0.05, 0.1) is 23.0 Å². The van der Waals surface area contributed by atoms with E-state index < -0.39 is 17.6 Å². The van der Waals surface area contributed by atoms with Gasteiger partial charge in [0.2, 0.25) is 0 Å². The van der Waals surface area contributed by atoms with Gasteiger partial charge in [0.15, 0.2) is 0 Å². The van der Waals surface area contributed by atoms with Gasteiger partial charge in [-0.05, 0) is 62.8 Å². The van der Waals surface area contributed by atoms with E-state index >= 15 is 0 Å². The van der Waals surface area contributed by atoms with Gasteiger partial charge >= 0.3 is 0 Å². The predicted octanol–water partition coefficient (Wildman–Crippen LogP) is 2.08. The third-order valence-corrected chi connectivity index (χ3v) is 7.56. The number of amides is 1. The molecule has 0 aliphatic heterocycles. The Bertz CT molecular complexity index is 1190. The van der Waals surface area contributed by atoms with Crippen LogP contribution in [-0.4, -0.2) is 60.5 Å². The van der Waals surface area contributed by atoms with E-state index in [4.69, 9.17) is 4.52 Å². The van der Waals surface area contributed by atoms with Crippen LogP contribution >= 0.6 is 0 Å². The van der Waals surface area contributed by atoms with Crippen LogP contribution < -0.4 is 10.6 Å². The molecule has 3 aromatic rings. The van der Waals surface area contributed by atoms with E-state index in [2.05, 4.69) is 30.7 Å². The molecule has 4 aliphatic carbocycles. The Morgan fingerprint density at radius 1 is 1.33 bits per heavy atom. The standard InChI is InChI=1S/C23H28N6O4/c1-11(30)9-26-21(31)20-28-22(33-29-20)16-10-25-19-15(2-3-24-19)18(16)27-17-13-4-12-5-14(17)8-23(32,6-12)7-13/h2-3,10-14,17,30,32H,4-9H2,1H3,(H,26,31)(H2,24,25,27)/t11?,12?,13?,14?,17-,23+. The third-order valence-electron chi connectivity index (χ3n) is 7.56. The van der Waals surface area contributed by atoms with Gasteiger partial charge < -0.3 is 30.4 Å². The van der Waals surface area contributed by atoms with Crippen molar-refractivity contribution in [1.29, 1.82) is 0 Å². The third kappa shape index (κ3) is 3.57. The maximum absolute atomic E-state index is 12.3. The fourth-order valence-electron chi connectivity index (χ4n) is 6.45. The summed E-state index contributed by atoms with van der Waals surface area (Å²) in [6, 6.07) is 2.21. The average Bonchev–Trinajstić information content (AvgIpc) is 3.43. The first-order valence-electron chi connectivity index (χ1n) is 11.6. The number of aliphatic hydroxyl groups is 2. The molecule has 10 nitrogen and oxygen atoms in total. The van der Waals surface area contributed by atoms with E-state index in [1.807, 2.05) is 12.3 Å². The molecule has 4 aliphatic rings. The van der Waals surface area contributed by atoms with Crippen LogP contribution in [0.25, 0.3) is 22.5 Å². The van der Waals surface area contributed by atoms with Crippen molar-refractivity contribution in [2.45, 2.75) is 56.8 Å². The SMILES string of the molecule is CC(O)CNC(=O)c1noc(-c2cnc3[nH]ccc3c2N[C@H]2C3CC4CC2C[C@@](O)(C4)C3)n1. The van der Waals surface area contributed by atoms with Gasteiger partial charge in [0.1, 0.15) is 5.65 Å². The van der Waals surface area contributed by atoms with Crippen molar-refractivity contribution < 1.29 is 19.5 Å². The lowest BCUT2D eigenvalue weighted by molar-refractivity contribution is -0.129. The number of aliphatic hydroxyl groups excluding tert-OH is 1. The Hall–Kier alpha value is -2.98. The van der Waals surface area contributed by atoms with E-state index in [-0.39, 0.29) is 24.3 Å². The summed E-state index contributed by atoms with van der Waals surface area (Å²) in [5, 5.41) is 31.5. The summed E-state index contributed by atoms with van der Waals surface area (Å²) >= 11 is 0. The van der Waals surface area contributed by atoms with Gasteiger partial charge in [-0.2, -0.15) is 4.98 Å². The molecule has 1 amide bonds. The van der Waals surface area contributed by atoms with E-state index in [1.54, 1.807) is 13.1 Å². The molecule has 4 fully saturated rings. The van der Waals surface area contributed by atoms with Crippen molar-refractivity contribution in [2.75, 3.05) is 11.9 Å². The number of rotatable bonds is 6. The number of carbonyl (C=O) groups excluding carboxylic acids is 1. The molecule has 7 rings (SSSR count). The molecule has 174 valence electrons. The molecule has 3 heterocycles. The van der Waals surface area contributed by atoms with Gasteiger partial charge in [-0.25, -0.2) is 4.98 Å². The first-order valence-corrected chi connectivity index (χ1v) is 11.6. The van der Waals surface area contributed by atoms with Crippen molar-refractivity contribution in [3.05, 3.63) is 24.3 Å². The minimum absolute atomic E-state index is 0.0948. The number of fused-ring (bicyclic) bond motifs is 1. The zero-order valence-corrected chi connectivity index (χ0v) is 18.4. The Labute approximate surface area is 190 Å².